The van der Waals surface area contributed by atoms with Crippen molar-refractivity contribution in [2.45, 2.75) is 58.7 Å². The average Bonchev–Trinajstić information content (AvgIpc) is 2.39. The molecule has 1 N–H and O–H groups in total. The smallest absolute Gasteiger partial charge is 0.387 e. The summed E-state index contributed by atoms with van der Waals surface area (Å²) in [4.78, 5) is 0. The zero-order valence-electron chi connectivity index (χ0n) is 12.5. The van der Waals surface area contributed by atoms with Gasteiger partial charge in [0.05, 0.1) is 0 Å². The van der Waals surface area contributed by atoms with Crippen molar-refractivity contribution in [2.24, 2.45) is 5.41 Å². The lowest BCUT2D eigenvalue weighted by Gasteiger charge is -2.39. The van der Waals surface area contributed by atoms with E-state index < -0.39 is 6.61 Å². The first kappa shape index (κ1) is 16.5. The van der Waals surface area contributed by atoms with E-state index in [1.807, 2.05) is 0 Å². The molecule has 118 valence electrons. The molecule has 0 spiro atoms. The molecule has 1 saturated carbocycles. The highest BCUT2D eigenvalue weighted by atomic mass is 35.5. The number of nitrogens with one attached hydrogen (secondary N) is 1. The average molecular weight is 318 g/mol. The second kappa shape index (κ2) is 6.93. The van der Waals surface area contributed by atoms with Crippen molar-refractivity contribution in [1.29, 1.82) is 0 Å². The number of hydrogen-bond donors (Lipinski definition) is 1. The van der Waals surface area contributed by atoms with Gasteiger partial charge in [-0.05, 0) is 36.5 Å². The Morgan fingerprint density at radius 3 is 2.81 bits per heavy atom. The Labute approximate surface area is 129 Å². The fraction of sp³-hybridized carbons (Fsp3) is 0.625. The molecular formula is C16H22ClF2NO. The Balaban J connectivity index is 2.06. The van der Waals surface area contributed by atoms with Crippen molar-refractivity contribution in [3.05, 3.63) is 28.8 Å². The molecule has 1 fully saturated rings. The van der Waals surface area contributed by atoms with Crippen LogP contribution < -0.4 is 10.1 Å². The van der Waals surface area contributed by atoms with Crippen molar-refractivity contribution >= 4 is 11.6 Å². The summed E-state index contributed by atoms with van der Waals surface area (Å²) in [5.74, 6) is 0.190. The maximum absolute atomic E-state index is 12.4. The fourth-order valence-electron chi connectivity index (χ4n) is 3.00. The van der Waals surface area contributed by atoms with E-state index in [1.54, 1.807) is 12.1 Å². The lowest BCUT2D eigenvalue weighted by atomic mass is 9.73. The maximum atomic E-state index is 12.4. The van der Waals surface area contributed by atoms with E-state index in [0.29, 0.717) is 23.2 Å². The van der Waals surface area contributed by atoms with Gasteiger partial charge < -0.3 is 10.1 Å². The van der Waals surface area contributed by atoms with Gasteiger partial charge in [-0.2, -0.15) is 8.78 Å². The van der Waals surface area contributed by atoms with E-state index in [4.69, 9.17) is 11.6 Å². The molecule has 0 amide bonds. The Kier molecular flexibility index (Phi) is 5.44. The number of halogens is 3. The first-order valence-corrected chi connectivity index (χ1v) is 7.73. The summed E-state index contributed by atoms with van der Waals surface area (Å²) in [7, 11) is 0. The van der Waals surface area contributed by atoms with Gasteiger partial charge in [-0.3, -0.25) is 0 Å². The molecule has 5 heteroatoms. The van der Waals surface area contributed by atoms with Gasteiger partial charge in [0.25, 0.3) is 0 Å². The second-order valence-electron chi connectivity index (χ2n) is 6.30. The van der Waals surface area contributed by atoms with E-state index in [2.05, 4.69) is 23.9 Å². The molecule has 0 heterocycles. The van der Waals surface area contributed by atoms with E-state index in [9.17, 15) is 8.78 Å². The molecule has 21 heavy (non-hydrogen) atoms. The van der Waals surface area contributed by atoms with Crippen LogP contribution in [0.25, 0.3) is 0 Å². The van der Waals surface area contributed by atoms with E-state index in [-0.39, 0.29) is 11.2 Å². The summed E-state index contributed by atoms with van der Waals surface area (Å²) in [6, 6.07) is 5.12. The molecule has 1 aromatic rings. The maximum Gasteiger partial charge on any atom is 0.387 e. The Hall–Kier alpha value is -0.870. The van der Waals surface area contributed by atoms with Gasteiger partial charge in [-0.1, -0.05) is 38.3 Å². The SMILES string of the molecule is CC1(C)CCCCC1NCc1cc(Cl)ccc1OC(F)F. The Morgan fingerprint density at radius 1 is 1.38 bits per heavy atom. The third-order valence-corrected chi connectivity index (χ3v) is 4.52. The first-order valence-electron chi connectivity index (χ1n) is 7.35. The van der Waals surface area contributed by atoms with Crippen LogP contribution in [0.3, 0.4) is 0 Å². The lowest BCUT2D eigenvalue weighted by molar-refractivity contribution is -0.0505. The molecule has 0 radical (unpaired) electrons. The van der Waals surface area contributed by atoms with Crippen LogP contribution in [0.15, 0.2) is 18.2 Å². The van der Waals surface area contributed by atoms with Crippen LogP contribution in [0.2, 0.25) is 5.02 Å². The highest BCUT2D eigenvalue weighted by Gasteiger charge is 2.31. The van der Waals surface area contributed by atoms with Crippen LogP contribution in [-0.4, -0.2) is 12.7 Å². The zero-order valence-corrected chi connectivity index (χ0v) is 13.2. The molecule has 0 saturated heterocycles. The molecule has 1 aliphatic carbocycles. The summed E-state index contributed by atoms with van der Waals surface area (Å²) in [6.45, 7) is 2.16. The van der Waals surface area contributed by atoms with Gasteiger partial charge >= 0.3 is 6.61 Å². The largest absolute Gasteiger partial charge is 0.434 e. The van der Waals surface area contributed by atoms with Gasteiger partial charge in [0.15, 0.2) is 0 Å². The van der Waals surface area contributed by atoms with Crippen molar-refractivity contribution < 1.29 is 13.5 Å². The van der Waals surface area contributed by atoms with Crippen LogP contribution in [0, 0.1) is 5.41 Å². The van der Waals surface area contributed by atoms with E-state index >= 15 is 0 Å². The molecule has 0 aromatic heterocycles. The van der Waals surface area contributed by atoms with Crippen molar-refractivity contribution in [1.82, 2.24) is 5.32 Å². The molecular weight excluding hydrogens is 296 g/mol. The summed E-state index contributed by atoms with van der Waals surface area (Å²) >= 11 is 5.96. The lowest BCUT2D eigenvalue weighted by Crippen LogP contribution is -2.43. The van der Waals surface area contributed by atoms with Crippen molar-refractivity contribution in [2.75, 3.05) is 0 Å². The number of ether oxygens (including phenoxy) is 1. The van der Waals surface area contributed by atoms with Crippen molar-refractivity contribution in [3.8, 4) is 5.75 Å². The number of rotatable bonds is 5. The third kappa shape index (κ3) is 4.55. The fourth-order valence-corrected chi connectivity index (χ4v) is 3.20. The summed E-state index contributed by atoms with van der Waals surface area (Å²) < 4.78 is 29.4. The van der Waals surface area contributed by atoms with E-state index in [1.165, 1.54) is 25.3 Å². The molecule has 0 aliphatic heterocycles. The number of benzene rings is 1. The van der Waals surface area contributed by atoms with Crippen LogP contribution in [0.1, 0.15) is 45.1 Å². The molecule has 2 nitrogen and oxygen atoms in total. The van der Waals surface area contributed by atoms with Crippen LogP contribution in [0.4, 0.5) is 8.78 Å². The second-order valence-corrected chi connectivity index (χ2v) is 6.73. The van der Waals surface area contributed by atoms with Crippen LogP contribution in [0.5, 0.6) is 5.75 Å². The van der Waals surface area contributed by atoms with Gasteiger partial charge in [-0.25, -0.2) is 0 Å². The summed E-state index contributed by atoms with van der Waals surface area (Å²) in [5.41, 5.74) is 0.893. The number of alkyl halides is 2. The molecule has 1 atom stereocenters. The minimum Gasteiger partial charge on any atom is -0.434 e. The van der Waals surface area contributed by atoms with Gasteiger partial charge in [0, 0.05) is 23.2 Å². The molecule has 2 rings (SSSR count). The Bertz CT molecular complexity index is 479. The monoisotopic (exact) mass is 317 g/mol. The highest BCUT2D eigenvalue weighted by Crippen LogP contribution is 2.36. The number of hydrogen-bond acceptors (Lipinski definition) is 2. The molecule has 1 unspecified atom stereocenters. The molecule has 0 bridgehead atoms. The Morgan fingerprint density at radius 2 is 2.14 bits per heavy atom. The minimum atomic E-state index is -2.82. The minimum absolute atomic E-state index is 0.190. The highest BCUT2D eigenvalue weighted by molar-refractivity contribution is 6.30. The normalized spacial score (nSPS) is 21.5. The standard InChI is InChI=1S/C16H22ClF2NO/c1-16(2)8-4-3-5-14(16)20-10-11-9-12(17)6-7-13(11)21-15(18)19/h6-7,9,14-15,20H,3-5,8,10H2,1-2H3. The topological polar surface area (TPSA) is 21.3 Å². The quantitative estimate of drug-likeness (QED) is 0.825. The van der Waals surface area contributed by atoms with Gasteiger partial charge in [0.2, 0.25) is 0 Å². The summed E-state index contributed by atoms with van der Waals surface area (Å²) in [5, 5.41) is 4.01. The predicted molar refractivity (Wildman–Crippen MR) is 81.0 cm³/mol. The predicted octanol–water partition coefficient (Wildman–Crippen LogP) is 5.00. The molecule has 1 aromatic carbocycles. The van der Waals surface area contributed by atoms with E-state index in [0.717, 1.165) is 6.42 Å². The van der Waals surface area contributed by atoms with Crippen molar-refractivity contribution in [3.63, 3.8) is 0 Å². The van der Waals surface area contributed by atoms with Gasteiger partial charge in [0.1, 0.15) is 5.75 Å². The summed E-state index contributed by atoms with van der Waals surface area (Å²) in [6.07, 6.45) is 4.75. The van der Waals surface area contributed by atoms with Crippen LogP contribution in [-0.2, 0) is 6.54 Å². The van der Waals surface area contributed by atoms with Gasteiger partial charge in [-0.15, -0.1) is 0 Å². The first-order chi connectivity index (χ1) is 9.88. The zero-order chi connectivity index (χ0) is 15.5. The molecule has 1 aliphatic rings. The van der Waals surface area contributed by atoms with Crippen LogP contribution >= 0.6 is 11.6 Å². The third-order valence-electron chi connectivity index (χ3n) is 4.28.